The second kappa shape index (κ2) is 4.93. The zero-order chi connectivity index (χ0) is 14.0. The standard InChI is InChI=1S/C13H13N3O3/c1-7-5-8(2)15-13(14-7)16-9-3-4-11(17)10(6-9)12(18)19/h3-6,17H,1-2H3,(H,18,19)(H,14,15,16). The molecule has 2 rings (SSSR count). The van der Waals surface area contributed by atoms with Crippen molar-refractivity contribution < 1.29 is 15.0 Å². The van der Waals surface area contributed by atoms with Crippen LogP contribution in [0, 0.1) is 13.8 Å². The Morgan fingerprint density at radius 2 is 1.79 bits per heavy atom. The normalized spacial score (nSPS) is 10.2. The zero-order valence-corrected chi connectivity index (χ0v) is 10.5. The van der Waals surface area contributed by atoms with Crippen LogP contribution in [-0.2, 0) is 0 Å². The van der Waals surface area contributed by atoms with Crippen LogP contribution in [0.15, 0.2) is 24.3 Å². The van der Waals surface area contributed by atoms with Crippen LogP contribution >= 0.6 is 0 Å². The smallest absolute Gasteiger partial charge is 0.339 e. The number of nitrogens with one attached hydrogen (secondary N) is 1. The summed E-state index contributed by atoms with van der Waals surface area (Å²) in [5.74, 6) is -1.08. The molecule has 0 spiro atoms. The Balaban J connectivity index is 2.33. The second-order valence-electron chi connectivity index (χ2n) is 4.14. The first kappa shape index (κ1) is 12.8. The van der Waals surface area contributed by atoms with Crippen LogP contribution in [0.2, 0.25) is 0 Å². The molecule has 0 aliphatic rings. The molecular formula is C13H13N3O3. The molecule has 0 amide bonds. The lowest BCUT2D eigenvalue weighted by molar-refractivity contribution is 0.0694. The lowest BCUT2D eigenvalue weighted by atomic mass is 10.2. The summed E-state index contributed by atoms with van der Waals surface area (Å²) in [4.78, 5) is 19.3. The van der Waals surface area contributed by atoms with Crippen molar-refractivity contribution in [2.75, 3.05) is 5.32 Å². The summed E-state index contributed by atoms with van der Waals surface area (Å²) in [5.41, 5.74) is 1.95. The van der Waals surface area contributed by atoms with E-state index in [1.165, 1.54) is 12.1 Å². The number of aromatic hydroxyl groups is 1. The average Bonchev–Trinajstić information content (AvgIpc) is 2.30. The molecule has 0 aliphatic heterocycles. The van der Waals surface area contributed by atoms with Crippen molar-refractivity contribution in [1.82, 2.24) is 9.97 Å². The lowest BCUT2D eigenvalue weighted by Gasteiger charge is -2.08. The molecule has 6 nitrogen and oxygen atoms in total. The molecule has 1 aromatic carbocycles. The second-order valence-corrected chi connectivity index (χ2v) is 4.14. The third-order valence-corrected chi connectivity index (χ3v) is 2.47. The molecule has 2 aromatic rings. The number of phenols is 1. The Kier molecular flexibility index (Phi) is 3.33. The molecule has 0 fully saturated rings. The van der Waals surface area contributed by atoms with Crippen molar-refractivity contribution in [3.8, 4) is 5.75 Å². The Labute approximate surface area is 109 Å². The molecule has 0 unspecified atom stereocenters. The van der Waals surface area contributed by atoms with Gasteiger partial charge >= 0.3 is 5.97 Å². The fourth-order valence-electron chi connectivity index (χ4n) is 1.70. The molecule has 0 atom stereocenters. The van der Waals surface area contributed by atoms with Gasteiger partial charge in [0.25, 0.3) is 0 Å². The van der Waals surface area contributed by atoms with E-state index in [2.05, 4.69) is 15.3 Å². The maximum atomic E-state index is 10.9. The highest BCUT2D eigenvalue weighted by atomic mass is 16.4. The van der Waals surface area contributed by atoms with Gasteiger partial charge in [-0.15, -0.1) is 0 Å². The number of anilines is 2. The summed E-state index contributed by atoms with van der Waals surface area (Å²) < 4.78 is 0. The molecule has 0 saturated carbocycles. The highest BCUT2D eigenvalue weighted by molar-refractivity contribution is 5.92. The van der Waals surface area contributed by atoms with Gasteiger partial charge in [0.05, 0.1) is 0 Å². The molecule has 1 aromatic heterocycles. The first-order chi connectivity index (χ1) is 8.95. The molecule has 0 radical (unpaired) electrons. The number of aromatic nitrogens is 2. The number of benzene rings is 1. The molecule has 6 heteroatoms. The minimum atomic E-state index is -1.19. The fourth-order valence-corrected chi connectivity index (χ4v) is 1.70. The maximum absolute atomic E-state index is 10.9. The number of nitrogens with zero attached hydrogens (tertiary/aromatic N) is 2. The van der Waals surface area contributed by atoms with E-state index in [0.29, 0.717) is 11.6 Å². The van der Waals surface area contributed by atoms with Crippen LogP contribution in [0.4, 0.5) is 11.6 Å². The predicted molar refractivity (Wildman–Crippen MR) is 69.9 cm³/mol. The highest BCUT2D eigenvalue weighted by Gasteiger charge is 2.10. The van der Waals surface area contributed by atoms with E-state index < -0.39 is 5.97 Å². The van der Waals surface area contributed by atoms with E-state index in [4.69, 9.17) is 5.11 Å². The molecule has 19 heavy (non-hydrogen) atoms. The highest BCUT2D eigenvalue weighted by Crippen LogP contribution is 2.23. The molecule has 0 bridgehead atoms. The maximum Gasteiger partial charge on any atom is 0.339 e. The lowest BCUT2D eigenvalue weighted by Crippen LogP contribution is -2.02. The quantitative estimate of drug-likeness (QED) is 0.732. The Morgan fingerprint density at radius 1 is 1.16 bits per heavy atom. The molecule has 0 aliphatic carbocycles. The summed E-state index contributed by atoms with van der Waals surface area (Å²) in [7, 11) is 0. The summed E-state index contributed by atoms with van der Waals surface area (Å²) in [6, 6.07) is 6.04. The van der Waals surface area contributed by atoms with Gasteiger partial charge in [0, 0.05) is 17.1 Å². The van der Waals surface area contributed by atoms with Gasteiger partial charge < -0.3 is 15.5 Å². The van der Waals surface area contributed by atoms with Crippen LogP contribution in [0.25, 0.3) is 0 Å². The van der Waals surface area contributed by atoms with Gasteiger partial charge in [0.15, 0.2) is 0 Å². The third-order valence-electron chi connectivity index (χ3n) is 2.47. The van der Waals surface area contributed by atoms with E-state index in [1.807, 2.05) is 19.9 Å². The number of carboxylic acids is 1. The van der Waals surface area contributed by atoms with E-state index in [1.54, 1.807) is 6.07 Å². The van der Waals surface area contributed by atoms with Crippen molar-refractivity contribution in [3.05, 3.63) is 41.2 Å². The SMILES string of the molecule is Cc1cc(C)nc(Nc2ccc(O)c(C(=O)O)c2)n1. The van der Waals surface area contributed by atoms with Gasteiger partial charge in [-0.3, -0.25) is 0 Å². The molecule has 98 valence electrons. The van der Waals surface area contributed by atoms with E-state index in [0.717, 1.165) is 11.4 Å². The van der Waals surface area contributed by atoms with E-state index >= 15 is 0 Å². The van der Waals surface area contributed by atoms with Crippen molar-refractivity contribution in [2.24, 2.45) is 0 Å². The van der Waals surface area contributed by atoms with Crippen LogP contribution < -0.4 is 5.32 Å². The fraction of sp³-hybridized carbons (Fsp3) is 0.154. The predicted octanol–water partition coefficient (Wildman–Crippen LogP) is 2.24. The number of aryl methyl sites for hydroxylation is 2. The Bertz CT molecular complexity index is 621. The number of hydrogen-bond acceptors (Lipinski definition) is 5. The molecule has 1 heterocycles. The Morgan fingerprint density at radius 3 is 2.37 bits per heavy atom. The van der Waals surface area contributed by atoms with Crippen LogP contribution in [0.5, 0.6) is 5.75 Å². The van der Waals surface area contributed by atoms with Gasteiger partial charge in [-0.2, -0.15) is 0 Å². The topological polar surface area (TPSA) is 95.3 Å². The summed E-state index contributed by atoms with van der Waals surface area (Å²) in [5, 5.41) is 21.3. The van der Waals surface area contributed by atoms with Crippen molar-refractivity contribution >= 4 is 17.6 Å². The summed E-state index contributed by atoms with van der Waals surface area (Å²) in [6.45, 7) is 3.69. The number of rotatable bonds is 3. The van der Waals surface area contributed by atoms with Crippen LogP contribution in [0.3, 0.4) is 0 Å². The average molecular weight is 259 g/mol. The third kappa shape index (κ3) is 2.98. The first-order valence-corrected chi connectivity index (χ1v) is 5.61. The van der Waals surface area contributed by atoms with Crippen LogP contribution in [-0.4, -0.2) is 26.2 Å². The Hall–Kier alpha value is -2.63. The van der Waals surface area contributed by atoms with Gasteiger partial charge in [-0.05, 0) is 38.1 Å². The number of hydrogen-bond donors (Lipinski definition) is 3. The minimum Gasteiger partial charge on any atom is -0.507 e. The van der Waals surface area contributed by atoms with Crippen LogP contribution in [0.1, 0.15) is 21.7 Å². The number of carbonyl (C=O) groups is 1. The van der Waals surface area contributed by atoms with Crippen molar-refractivity contribution in [1.29, 1.82) is 0 Å². The van der Waals surface area contributed by atoms with Crippen molar-refractivity contribution in [3.63, 3.8) is 0 Å². The molecule has 3 N–H and O–H groups in total. The molecular weight excluding hydrogens is 246 g/mol. The zero-order valence-electron chi connectivity index (χ0n) is 10.5. The van der Waals surface area contributed by atoms with E-state index in [9.17, 15) is 9.90 Å². The minimum absolute atomic E-state index is 0.172. The van der Waals surface area contributed by atoms with Crippen molar-refractivity contribution in [2.45, 2.75) is 13.8 Å². The van der Waals surface area contributed by atoms with Gasteiger partial charge in [0.1, 0.15) is 11.3 Å². The largest absolute Gasteiger partial charge is 0.507 e. The monoisotopic (exact) mass is 259 g/mol. The van der Waals surface area contributed by atoms with Gasteiger partial charge in [0.2, 0.25) is 5.95 Å². The number of carboxylic acid groups (broad SMARTS) is 1. The van der Waals surface area contributed by atoms with E-state index in [-0.39, 0.29) is 11.3 Å². The summed E-state index contributed by atoms with van der Waals surface area (Å²) in [6.07, 6.45) is 0. The van der Waals surface area contributed by atoms with Gasteiger partial charge in [-0.1, -0.05) is 0 Å². The summed E-state index contributed by atoms with van der Waals surface area (Å²) >= 11 is 0. The van der Waals surface area contributed by atoms with Gasteiger partial charge in [-0.25, -0.2) is 14.8 Å². The first-order valence-electron chi connectivity index (χ1n) is 5.61. The molecule has 0 saturated heterocycles. The number of aromatic carboxylic acids is 1.